The fourth-order valence-electron chi connectivity index (χ4n) is 2.87. The van der Waals surface area contributed by atoms with Gasteiger partial charge in [0.25, 0.3) is 0 Å². The van der Waals surface area contributed by atoms with E-state index in [0.29, 0.717) is 31.2 Å². The Morgan fingerprint density at radius 2 is 1.84 bits per heavy atom. The van der Waals surface area contributed by atoms with E-state index in [1.165, 1.54) is 9.75 Å². The molecular weight excluding hydrogens is 330 g/mol. The number of nitrogens with zero attached hydrogens (tertiary/aromatic N) is 1. The molecule has 0 amide bonds. The summed E-state index contributed by atoms with van der Waals surface area (Å²) >= 11 is 1.83. The second-order valence-electron chi connectivity index (χ2n) is 6.79. The molecular formula is C21H29NO2S. The number of aryl methyl sites for hydroxylation is 1. The third-order valence-electron chi connectivity index (χ3n) is 4.33. The lowest BCUT2D eigenvalue weighted by Gasteiger charge is -2.25. The number of thiophene rings is 1. The van der Waals surface area contributed by atoms with Gasteiger partial charge in [-0.1, -0.05) is 12.2 Å². The quantitative estimate of drug-likeness (QED) is 0.577. The Kier molecular flexibility index (Phi) is 6.82. The average molecular weight is 360 g/mol. The molecule has 0 fully saturated rings. The van der Waals surface area contributed by atoms with Gasteiger partial charge in [0.05, 0.1) is 6.54 Å². The highest BCUT2D eigenvalue weighted by molar-refractivity contribution is 7.11. The maximum atomic E-state index is 10.8. The van der Waals surface area contributed by atoms with Crippen molar-refractivity contribution >= 4 is 11.3 Å². The lowest BCUT2D eigenvalue weighted by molar-refractivity contribution is 0.0184. The average Bonchev–Trinajstić information content (AvgIpc) is 3.16. The first-order chi connectivity index (χ1) is 11.9. The minimum Gasteiger partial charge on any atom is -0.462 e. The van der Waals surface area contributed by atoms with Crippen molar-refractivity contribution in [1.29, 1.82) is 0 Å². The molecule has 0 atom stereocenters. The first kappa shape index (κ1) is 19.7. The van der Waals surface area contributed by atoms with Crippen LogP contribution in [0.4, 0.5) is 0 Å². The van der Waals surface area contributed by atoms with Crippen molar-refractivity contribution in [2.45, 2.75) is 58.3 Å². The number of hydrogen-bond donors (Lipinski definition) is 1. The van der Waals surface area contributed by atoms with Gasteiger partial charge in [-0.3, -0.25) is 4.90 Å². The van der Waals surface area contributed by atoms with Crippen molar-refractivity contribution < 1.29 is 9.52 Å². The molecule has 1 N–H and O–H groups in total. The smallest absolute Gasteiger partial charge is 0.136 e. The minimum absolute atomic E-state index is 0.399. The zero-order valence-electron chi connectivity index (χ0n) is 15.5. The van der Waals surface area contributed by atoms with Crippen molar-refractivity contribution in [3.8, 4) is 0 Å². The van der Waals surface area contributed by atoms with E-state index in [9.17, 15) is 5.11 Å². The van der Waals surface area contributed by atoms with Crippen molar-refractivity contribution in [1.82, 2.24) is 4.90 Å². The van der Waals surface area contributed by atoms with Gasteiger partial charge in [-0.2, -0.15) is 0 Å². The molecule has 0 spiro atoms. The van der Waals surface area contributed by atoms with E-state index < -0.39 is 5.60 Å². The van der Waals surface area contributed by atoms with E-state index >= 15 is 0 Å². The molecule has 0 aliphatic heterocycles. The van der Waals surface area contributed by atoms with E-state index in [4.69, 9.17) is 4.42 Å². The first-order valence-corrected chi connectivity index (χ1v) is 9.52. The summed E-state index contributed by atoms with van der Waals surface area (Å²) in [6.45, 7) is 15.6. The third-order valence-corrected chi connectivity index (χ3v) is 5.31. The van der Waals surface area contributed by atoms with Crippen LogP contribution in [0.2, 0.25) is 0 Å². The van der Waals surface area contributed by atoms with Gasteiger partial charge in [0.1, 0.15) is 17.1 Å². The number of rotatable bonds is 10. The second-order valence-corrected chi connectivity index (χ2v) is 8.17. The Labute approximate surface area is 155 Å². The number of furan rings is 1. The van der Waals surface area contributed by atoms with Crippen LogP contribution in [0, 0.1) is 6.92 Å². The SMILES string of the molecule is C=CCC(O)(CC=C)c1ccc(CN(Cc2ccc(C)s2)C(C)C)o1. The highest BCUT2D eigenvalue weighted by Gasteiger charge is 2.30. The molecule has 2 rings (SSSR count). The summed E-state index contributed by atoms with van der Waals surface area (Å²) in [6.07, 6.45) is 4.30. The van der Waals surface area contributed by atoms with E-state index in [-0.39, 0.29) is 0 Å². The van der Waals surface area contributed by atoms with Crippen LogP contribution >= 0.6 is 11.3 Å². The van der Waals surface area contributed by atoms with Gasteiger partial charge < -0.3 is 9.52 Å². The van der Waals surface area contributed by atoms with Crippen LogP contribution in [0.25, 0.3) is 0 Å². The van der Waals surface area contributed by atoms with Gasteiger partial charge in [0.15, 0.2) is 0 Å². The van der Waals surface area contributed by atoms with Crippen molar-refractivity contribution in [3.05, 3.63) is 70.9 Å². The Bertz CT molecular complexity index is 688. The molecule has 25 heavy (non-hydrogen) atoms. The predicted molar refractivity (Wildman–Crippen MR) is 106 cm³/mol. The standard InChI is InChI=1S/C21H29NO2S/c1-6-12-21(23,13-7-2)20-11-9-18(24-20)14-22(16(3)4)15-19-10-8-17(5)25-19/h6-11,16,23H,1-2,12-15H2,3-5H3. The van der Waals surface area contributed by atoms with Crippen molar-refractivity contribution in [2.24, 2.45) is 0 Å². The van der Waals surface area contributed by atoms with Crippen molar-refractivity contribution in [3.63, 3.8) is 0 Å². The fraction of sp³-hybridized carbons (Fsp3) is 0.429. The normalized spacial score (nSPS) is 12.1. The third kappa shape index (κ3) is 5.18. The Balaban J connectivity index is 2.13. The van der Waals surface area contributed by atoms with Crippen molar-refractivity contribution in [2.75, 3.05) is 0 Å². The molecule has 2 heterocycles. The van der Waals surface area contributed by atoms with E-state index in [2.05, 4.69) is 51.0 Å². The lowest BCUT2D eigenvalue weighted by Crippen LogP contribution is -2.29. The summed E-state index contributed by atoms with van der Waals surface area (Å²) in [6, 6.07) is 8.58. The van der Waals surface area contributed by atoms with Crippen LogP contribution in [0.1, 0.15) is 48.0 Å². The van der Waals surface area contributed by atoms with Crippen LogP contribution in [0.5, 0.6) is 0 Å². The predicted octanol–water partition coefficient (Wildman–Crippen LogP) is 5.40. The van der Waals surface area contributed by atoms with Gasteiger partial charge in [0.2, 0.25) is 0 Å². The van der Waals surface area contributed by atoms with Gasteiger partial charge in [0, 0.05) is 35.2 Å². The summed E-state index contributed by atoms with van der Waals surface area (Å²) in [7, 11) is 0. The summed E-state index contributed by atoms with van der Waals surface area (Å²) in [5.41, 5.74) is -1.06. The Hall–Kier alpha value is -1.62. The topological polar surface area (TPSA) is 36.6 Å². The van der Waals surface area contributed by atoms with E-state index in [0.717, 1.165) is 12.3 Å². The molecule has 0 saturated carbocycles. The summed E-state index contributed by atoms with van der Waals surface area (Å²) < 4.78 is 5.99. The molecule has 0 aliphatic rings. The lowest BCUT2D eigenvalue weighted by atomic mass is 9.93. The summed E-state index contributed by atoms with van der Waals surface area (Å²) in [5.74, 6) is 1.45. The molecule has 136 valence electrons. The van der Waals surface area contributed by atoms with Crippen LogP contribution in [-0.4, -0.2) is 16.0 Å². The molecule has 0 aromatic carbocycles. The molecule has 2 aromatic rings. The number of aliphatic hydroxyl groups is 1. The molecule has 0 radical (unpaired) electrons. The molecule has 0 aliphatic carbocycles. The fourth-order valence-corrected chi connectivity index (χ4v) is 3.78. The van der Waals surface area contributed by atoms with Crippen LogP contribution < -0.4 is 0 Å². The molecule has 0 bridgehead atoms. The van der Waals surface area contributed by atoms with Crippen LogP contribution in [0.3, 0.4) is 0 Å². The van der Waals surface area contributed by atoms with E-state index in [1.54, 1.807) is 12.2 Å². The number of hydrogen-bond acceptors (Lipinski definition) is 4. The van der Waals surface area contributed by atoms with Crippen LogP contribution in [-0.2, 0) is 18.7 Å². The molecule has 3 nitrogen and oxygen atoms in total. The van der Waals surface area contributed by atoms with Crippen LogP contribution in [0.15, 0.2) is 54.0 Å². The maximum Gasteiger partial charge on any atom is 0.136 e. The zero-order chi connectivity index (χ0) is 18.4. The maximum absolute atomic E-state index is 10.8. The van der Waals surface area contributed by atoms with E-state index in [1.807, 2.05) is 23.5 Å². The minimum atomic E-state index is -1.06. The largest absolute Gasteiger partial charge is 0.462 e. The molecule has 4 heteroatoms. The summed E-state index contributed by atoms with van der Waals surface area (Å²) in [4.78, 5) is 5.05. The molecule has 0 unspecified atom stereocenters. The highest BCUT2D eigenvalue weighted by Crippen LogP contribution is 2.32. The summed E-state index contributed by atoms with van der Waals surface area (Å²) in [5, 5.41) is 10.8. The molecule has 2 aromatic heterocycles. The second kappa shape index (κ2) is 8.65. The first-order valence-electron chi connectivity index (χ1n) is 8.70. The van der Waals surface area contributed by atoms with Gasteiger partial charge >= 0.3 is 0 Å². The molecule has 0 saturated heterocycles. The highest BCUT2D eigenvalue weighted by atomic mass is 32.1. The van der Waals surface area contributed by atoms with Gasteiger partial charge in [-0.05, 0) is 45.0 Å². The Morgan fingerprint density at radius 1 is 1.16 bits per heavy atom. The monoisotopic (exact) mass is 359 g/mol. The van der Waals surface area contributed by atoms with Gasteiger partial charge in [-0.25, -0.2) is 0 Å². The zero-order valence-corrected chi connectivity index (χ0v) is 16.3. The Morgan fingerprint density at radius 3 is 2.36 bits per heavy atom. The van der Waals surface area contributed by atoms with Gasteiger partial charge in [-0.15, -0.1) is 24.5 Å².